The number of rotatable bonds is 3. The second-order valence-electron chi connectivity index (χ2n) is 6.18. The van der Waals surface area contributed by atoms with Crippen molar-refractivity contribution in [3.05, 3.63) is 43.0 Å². The molecule has 1 aromatic heterocycles. The average Bonchev–Trinajstić information content (AvgIpc) is 3.19. The van der Waals surface area contributed by atoms with Gasteiger partial charge in [-0.1, -0.05) is 12.1 Å². The molecule has 0 aliphatic carbocycles. The third-order valence-electron chi connectivity index (χ3n) is 4.87. The Labute approximate surface area is 125 Å². The molecule has 2 aliphatic heterocycles. The minimum Gasteiger partial charge on any atom is -0.381 e. The number of benzene rings is 1. The molecule has 21 heavy (non-hydrogen) atoms. The van der Waals surface area contributed by atoms with Crippen molar-refractivity contribution in [1.82, 2.24) is 14.5 Å². The fourth-order valence-electron chi connectivity index (χ4n) is 3.80. The minimum atomic E-state index is 0.592. The number of aromatic nitrogens is 2. The summed E-state index contributed by atoms with van der Waals surface area (Å²) in [5.41, 5.74) is 2.40. The van der Waals surface area contributed by atoms with Crippen LogP contribution in [-0.2, 0) is 0 Å². The molecule has 3 heterocycles. The fraction of sp³-hybridized carbons (Fsp3) is 0.471. The van der Waals surface area contributed by atoms with E-state index >= 15 is 0 Å². The highest BCUT2D eigenvalue weighted by molar-refractivity contribution is 5.61. The lowest BCUT2D eigenvalue weighted by atomic mass is 9.97. The minimum absolute atomic E-state index is 0.592. The van der Waals surface area contributed by atoms with E-state index in [1.54, 1.807) is 0 Å². The predicted molar refractivity (Wildman–Crippen MR) is 84.8 cm³/mol. The number of nitrogens with one attached hydrogen (secondary N) is 1. The van der Waals surface area contributed by atoms with Crippen LogP contribution in [0, 0.1) is 0 Å². The van der Waals surface area contributed by atoms with Crippen molar-refractivity contribution in [2.24, 2.45) is 0 Å². The van der Waals surface area contributed by atoms with E-state index < -0.39 is 0 Å². The van der Waals surface area contributed by atoms with Gasteiger partial charge in [-0.2, -0.15) is 0 Å². The van der Waals surface area contributed by atoms with Gasteiger partial charge in [-0.25, -0.2) is 4.98 Å². The Bertz CT molecular complexity index is 593. The van der Waals surface area contributed by atoms with Gasteiger partial charge in [0.15, 0.2) is 0 Å². The summed E-state index contributed by atoms with van der Waals surface area (Å²) in [5, 5.41) is 3.78. The van der Waals surface area contributed by atoms with E-state index in [1.165, 1.54) is 50.1 Å². The first-order chi connectivity index (χ1) is 10.4. The molecule has 0 bridgehead atoms. The lowest BCUT2D eigenvalue weighted by molar-refractivity contribution is 0.188. The lowest BCUT2D eigenvalue weighted by Crippen LogP contribution is -2.42. The van der Waals surface area contributed by atoms with Crippen LogP contribution < -0.4 is 5.32 Å². The maximum absolute atomic E-state index is 4.16. The van der Waals surface area contributed by atoms with Gasteiger partial charge in [0, 0.05) is 31.0 Å². The number of hydrogen-bond donors (Lipinski definition) is 1. The van der Waals surface area contributed by atoms with Gasteiger partial charge in [0.2, 0.25) is 0 Å². The van der Waals surface area contributed by atoms with Crippen molar-refractivity contribution in [3.8, 4) is 5.69 Å². The standard InChI is InChI=1S/C17H22N4/c1-2-6-17(21-11-8-18-13-21)16(5-1)19-14-7-10-20-9-3-4-15(20)12-14/h1-2,5-6,8,11,13-15,19H,3-4,7,9-10,12H2. The summed E-state index contributed by atoms with van der Waals surface area (Å²) in [6.07, 6.45) is 11.0. The van der Waals surface area contributed by atoms with Crippen LogP contribution in [0.2, 0.25) is 0 Å². The highest BCUT2D eigenvalue weighted by atomic mass is 15.2. The zero-order valence-electron chi connectivity index (χ0n) is 12.3. The molecule has 2 saturated heterocycles. The van der Waals surface area contributed by atoms with Crippen molar-refractivity contribution >= 4 is 5.69 Å². The van der Waals surface area contributed by atoms with Crippen molar-refractivity contribution in [3.63, 3.8) is 0 Å². The molecule has 110 valence electrons. The SMILES string of the molecule is c1ccc(-n2ccnc2)c(NC2CCN3CCCC3C2)c1. The van der Waals surface area contributed by atoms with Gasteiger partial charge < -0.3 is 14.8 Å². The smallest absolute Gasteiger partial charge is 0.0992 e. The molecule has 4 heteroatoms. The highest BCUT2D eigenvalue weighted by Gasteiger charge is 2.31. The summed E-state index contributed by atoms with van der Waals surface area (Å²) >= 11 is 0. The van der Waals surface area contributed by atoms with E-state index in [0.29, 0.717) is 6.04 Å². The largest absolute Gasteiger partial charge is 0.381 e. The molecule has 4 rings (SSSR count). The Kier molecular flexibility index (Phi) is 3.39. The van der Waals surface area contributed by atoms with E-state index in [2.05, 4.69) is 44.0 Å². The van der Waals surface area contributed by atoms with Gasteiger partial charge in [0.1, 0.15) is 0 Å². The van der Waals surface area contributed by atoms with E-state index in [9.17, 15) is 0 Å². The van der Waals surface area contributed by atoms with Gasteiger partial charge in [-0.05, 0) is 44.4 Å². The Morgan fingerprint density at radius 1 is 1.14 bits per heavy atom. The molecule has 2 aliphatic rings. The van der Waals surface area contributed by atoms with Crippen LogP contribution in [-0.4, -0.2) is 39.6 Å². The second kappa shape index (κ2) is 5.53. The molecule has 1 aromatic carbocycles. The maximum Gasteiger partial charge on any atom is 0.0992 e. The van der Waals surface area contributed by atoms with Crippen molar-refractivity contribution in [1.29, 1.82) is 0 Å². The number of hydrogen-bond acceptors (Lipinski definition) is 3. The molecule has 2 unspecified atom stereocenters. The molecule has 2 aromatic rings. The van der Waals surface area contributed by atoms with Crippen molar-refractivity contribution < 1.29 is 0 Å². The van der Waals surface area contributed by atoms with E-state index in [4.69, 9.17) is 0 Å². The monoisotopic (exact) mass is 282 g/mol. The number of para-hydroxylation sites is 2. The number of anilines is 1. The molecule has 2 fully saturated rings. The van der Waals surface area contributed by atoms with Gasteiger partial charge in [-0.15, -0.1) is 0 Å². The molecular formula is C17H22N4. The summed E-state index contributed by atoms with van der Waals surface area (Å²) in [6.45, 7) is 2.55. The van der Waals surface area contributed by atoms with Crippen LogP contribution in [0.15, 0.2) is 43.0 Å². The summed E-state index contributed by atoms with van der Waals surface area (Å²) < 4.78 is 2.08. The van der Waals surface area contributed by atoms with Crippen LogP contribution in [0.1, 0.15) is 25.7 Å². The Balaban J connectivity index is 1.52. The Morgan fingerprint density at radius 2 is 2.10 bits per heavy atom. The first kappa shape index (κ1) is 12.9. The second-order valence-corrected chi connectivity index (χ2v) is 6.18. The van der Waals surface area contributed by atoms with E-state index in [-0.39, 0.29) is 0 Å². The van der Waals surface area contributed by atoms with Gasteiger partial charge in [0.25, 0.3) is 0 Å². The van der Waals surface area contributed by atoms with Crippen molar-refractivity contribution in [2.75, 3.05) is 18.4 Å². The zero-order valence-corrected chi connectivity index (χ0v) is 12.3. The molecule has 0 amide bonds. The Hall–Kier alpha value is -1.81. The zero-order chi connectivity index (χ0) is 14.1. The summed E-state index contributed by atoms with van der Waals surface area (Å²) in [7, 11) is 0. The number of piperidine rings is 1. The summed E-state index contributed by atoms with van der Waals surface area (Å²) in [4.78, 5) is 6.83. The topological polar surface area (TPSA) is 33.1 Å². The third-order valence-corrected chi connectivity index (χ3v) is 4.87. The quantitative estimate of drug-likeness (QED) is 0.939. The Morgan fingerprint density at radius 3 is 3.00 bits per heavy atom. The van der Waals surface area contributed by atoms with Gasteiger partial charge >= 0.3 is 0 Å². The third kappa shape index (κ3) is 2.56. The molecule has 0 saturated carbocycles. The normalized spacial score (nSPS) is 25.7. The first-order valence-electron chi connectivity index (χ1n) is 7.98. The molecule has 2 atom stereocenters. The maximum atomic E-state index is 4.16. The molecule has 1 N–H and O–H groups in total. The van der Waals surface area contributed by atoms with E-state index in [0.717, 1.165) is 6.04 Å². The van der Waals surface area contributed by atoms with Crippen LogP contribution in [0.4, 0.5) is 5.69 Å². The molecule has 4 nitrogen and oxygen atoms in total. The number of imidazole rings is 1. The first-order valence-corrected chi connectivity index (χ1v) is 7.98. The average molecular weight is 282 g/mol. The molecular weight excluding hydrogens is 260 g/mol. The lowest BCUT2D eigenvalue weighted by Gasteiger charge is -2.35. The van der Waals surface area contributed by atoms with E-state index in [1.807, 2.05) is 18.7 Å². The highest BCUT2D eigenvalue weighted by Crippen LogP contribution is 2.30. The van der Waals surface area contributed by atoms with Crippen molar-refractivity contribution in [2.45, 2.75) is 37.8 Å². The van der Waals surface area contributed by atoms with Crippen LogP contribution in [0.25, 0.3) is 5.69 Å². The number of nitrogens with zero attached hydrogens (tertiary/aromatic N) is 3. The van der Waals surface area contributed by atoms with Crippen LogP contribution in [0.5, 0.6) is 0 Å². The van der Waals surface area contributed by atoms with Gasteiger partial charge in [0.05, 0.1) is 17.7 Å². The molecule has 0 spiro atoms. The predicted octanol–water partition coefficient (Wildman–Crippen LogP) is 2.91. The fourth-order valence-corrected chi connectivity index (χ4v) is 3.80. The van der Waals surface area contributed by atoms with Crippen LogP contribution in [0.3, 0.4) is 0 Å². The van der Waals surface area contributed by atoms with Gasteiger partial charge in [-0.3, -0.25) is 0 Å². The molecule has 0 radical (unpaired) electrons. The summed E-state index contributed by atoms with van der Waals surface area (Å²) in [6, 6.07) is 9.91. The number of fused-ring (bicyclic) bond motifs is 1. The van der Waals surface area contributed by atoms with Crippen LogP contribution >= 0.6 is 0 Å². The summed E-state index contributed by atoms with van der Waals surface area (Å²) in [5.74, 6) is 0.